The van der Waals surface area contributed by atoms with Gasteiger partial charge in [-0.25, -0.2) is 0 Å². The third kappa shape index (κ3) is 5.29. The molecule has 0 atom stereocenters. The van der Waals surface area contributed by atoms with Gasteiger partial charge in [-0.3, -0.25) is 0 Å². The van der Waals surface area contributed by atoms with Crippen LogP contribution in [0.3, 0.4) is 0 Å². The van der Waals surface area contributed by atoms with Gasteiger partial charge in [0.25, 0.3) is 0 Å². The minimum atomic E-state index is 0. The quantitative estimate of drug-likeness (QED) is 0.509. The highest BCUT2D eigenvalue weighted by atomic mass is 35.5. The van der Waals surface area contributed by atoms with E-state index in [0.717, 1.165) is 18.7 Å². The number of hydrogen-bond donors (Lipinski definition) is 1. The molecule has 0 radical (unpaired) electrons. The van der Waals surface area contributed by atoms with Crippen LogP contribution in [0, 0.1) is 0 Å². The molecule has 0 spiro atoms. The van der Waals surface area contributed by atoms with Gasteiger partial charge in [0, 0.05) is 5.56 Å². The number of rotatable bonds is 9. The molecule has 0 bridgehead atoms. The fourth-order valence-electron chi connectivity index (χ4n) is 2.94. The minimum absolute atomic E-state index is 0. The summed E-state index contributed by atoms with van der Waals surface area (Å²) in [5.74, 6) is 2.00. The molecule has 0 aliphatic heterocycles. The minimum Gasteiger partial charge on any atom is -1.00 e. The Bertz CT molecular complexity index is 816. The lowest BCUT2D eigenvalue weighted by Gasteiger charge is -2.13. The summed E-state index contributed by atoms with van der Waals surface area (Å²) < 4.78 is 16.3. The molecule has 2 N–H and O–H groups in total. The predicted molar refractivity (Wildman–Crippen MR) is 112 cm³/mol. The lowest BCUT2D eigenvalue weighted by atomic mass is 10.0. The molecule has 3 rings (SSSR count). The molecule has 0 amide bonds. The van der Waals surface area contributed by atoms with Gasteiger partial charge in [-0.15, -0.1) is 0 Å². The summed E-state index contributed by atoms with van der Waals surface area (Å²) in [6, 6.07) is 8.35. The van der Waals surface area contributed by atoms with Gasteiger partial charge in [-0.1, -0.05) is 0 Å². The summed E-state index contributed by atoms with van der Waals surface area (Å²) in [5.41, 5.74) is 4.98. The summed E-state index contributed by atoms with van der Waals surface area (Å²) in [4.78, 5) is 0. The second-order valence-corrected chi connectivity index (χ2v) is 7.46. The van der Waals surface area contributed by atoms with E-state index in [2.05, 4.69) is 45.0 Å². The average Bonchev–Trinajstić information content (AvgIpc) is 3.41. The normalized spacial score (nSPS) is 10.1. The van der Waals surface area contributed by atoms with Crippen LogP contribution >= 0.6 is 22.7 Å². The molecule has 0 unspecified atom stereocenters. The van der Waals surface area contributed by atoms with Crippen molar-refractivity contribution in [2.75, 3.05) is 27.9 Å². The maximum Gasteiger partial charge on any atom is 0.203 e. The van der Waals surface area contributed by atoms with Gasteiger partial charge in [-0.05, 0) is 68.6 Å². The van der Waals surface area contributed by atoms with Gasteiger partial charge in [0.2, 0.25) is 5.75 Å². The van der Waals surface area contributed by atoms with Crippen molar-refractivity contribution >= 4 is 28.2 Å². The van der Waals surface area contributed by atoms with Gasteiger partial charge in [-0.2, -0.15) is 22.7 Å². The first-order chi connectivity index (χ1) is 13.3. The Morgan fingerprint density at radius 3 is 1.93 bits per heavy atom. The van der Waals surface area contributed by atoms with Crippen molar-refractivity contribution in [2.45, 2.75) is 6.54 Å². The lowest BCUT2D eigenvalue weighted by molar-refractivity contribution is -0.661. The van der Waals surface area contributed by atoms with Crippen molar-refractivity contribution < 1.29 is 31.9 Å². The molecule has 2 heterocycles. The van der Waals surface area contributed by atoms with Crippen LogP contribution < -0.4 is 31.9 Å². The number of methoxy groups -OCH3 is 3. The zero-order valence-electron chi connectivity index (χ0n) is 16.1. The van der Waals surface area contributed by atoms with Crippen molar-refractivity contribution in [2.24, 2.45) is 0 Å². The van der Waals surface area contributed by atoms with Gasteiger partial charge in [0.1, 0.15) is 6.54 Å². The van der Waals surface area contributed by atoms with Crippen molar-refractivity contribution in [1.29, 1.82) is 0 Å². The third-order valence-electron chi connectivity index (χ3n) is 4.26. The average molecular weight is 438 g/mol. The number of hydrogen-bond acceptors (Lipinski definition) is 5. The number of ether oxygens (including phenoxy) is 3. The van der Waals surface area contributed by atoms with Crippen LogP contribution in [0.15, 0.2) is 51.9 Å². The van der Waals surface area contributed by atoms with Crippen molar-refractivity contribution in [3.8, 4) is 17.2 Å². The van der Waals surface area contributed by atoms with Crippen LogP contribution in [0.1, 0.15) is 16.7 Å². The molecule has 0 fully saturated rings. The molecule has 150 valence electrons. The van der Waals surface area contributed by atoms with E-state index in [4.69, 9.17) is 14.2 Å². The first kappa shape index (κ1) is 22.3. The number of benzene rings is 1. The summed E-state index contributed by atoms with van der Waals surface area (Å²) >= 11 is 3.45. The zero-order chi connectivity index (χ0) is 19.1. The monoisotopic (exact) mass is 437 g/mol. The van der Waals surface area contributed by atoms with E-state index in [1.807, 2.05) is 12.1 Å². The first-order valence-corrected chi connectivity index (χ1v) is 10.5. The Hall–Kier alpha value is -1.99. The smallest absolute Gasteiger partial charge is 0.203 e. The molecule has 4 nitrogen and oxygen atoms in total. The van der Waals surface area contributed by atoms with Crippen molar-refractivity contribution in [3.05, 3.63) is 68.6 Å². The summed E-state index contributed by atoms with van der Waals surface area (Å²) in [6.45, 7) is 1.71. The Labute approximate surface area is 180 Å². The van der Waals surface area contributed by atoms with Gasteiger partial charge >= 0.3 is 0 Å². The first-order valence-electron chi connectivity index (χ1n) is 8.62. The Kier molecular flexibility index (Phi) is 8.86. The molecular formula is C21H24ClNO3S2. The van der Waals surface area contributed by atoms with Crippen LogP contribution in [0.2, 0.25) is 0 Å². The maximum absolute atomic E-state index is 5.43. The van der Waals surface area contributed by atoms with E-state index < -0.39 is 0 Å². The van der Waals surface area contributed by atoms with E-state index >= 15 is 0 Å². The van der Waals surface area contributed by atoms with E-state index in [1.165, 1.54) is 16.7 Å². The summed E-state index contributed by atoms with van der Waals surface area (Å²) in [5, 5.41) is 10.9. The molecule has 0 saturated carbocycles. The molecule has 0 saturated heterocycles. The molecule has 7 heteroatoms. The van der Waals surface area contributed by atoms with E-state index in [9.17, 15) is 0 Å². The highest BCUT2D eigenvalue weighted by Crippen LogP contribution is 2.37. The van der Waals surface area contributed by atoms with Gasteiger partial charge in [0.15, 0.2) is 11.5 Å². The largest absolute Gasteiger partial charge is 1.00 e. The molecule has 1 aromatic carbocycles. The predicted octanol–water partition coefficient (Wildman–Crippen LogP) is 1.03. The second kappa shape index (κ2) is 11.1. The van der Waals surface area contributed by atoms with Crippen molar-refractivity contribution in [3.63, 3.8) is 0 Å². The van der Waals surface area contributed by atoms with Crippen LogP contribution in [-0.4, -0.2) is 27.9 Å². The highest BCUT2D eigenvalue weighted by molar-refractivity contribution is 7.08. The van der Waals surface area contributed by atoms with E-state index in [-0.39, 0.29) is 12.4 Å². The second-order valence-electron chi connectivity index (χ2n) is 5.90. The molecule has 28 heavy (non-hydrogen) atoms. The fourth-order valence-corrected chi connectivity index (χ4v) is 4.25. The number of quaternary nitrogens is 1. The molecule has 3 aromatic rings. The molecule has 0 aliphatic carbocycles. The number of halogens is 1. The SMILES string of the molecule is COc1cc(C[NH2+]CC=C(c2ccsc2)c2ccsc2)cc(OC)c1OC.[Cl-]. The Morgan fingerprint density at radius 1 is 0.929 bits per heavy atom. The number of thiophene rings is 2. The zero-order valence-corrected chi connectivity index (χ0v) is 18.5. The maximum atomic E-state index is 5.43. The fraction of sp³-hybridized carbons (Fsp3) is 0.238. The van der Waals surface area contributed by atoms with Crippen LogP contribution in [-0.2, 0) is 6.54 Å². The van der Waals surface area contributed by atoms with Crippen LogP contribution in [0.5, 0.6) is 17.2 Å². The Morgan fingerprint density at radius 2 is 1.50 bits per heavy atom. The lowest BCUT2D eigenvalue weighted by Crippen LogP contribution is -3.00. The molecule has 0 aliphatic rings. The van der Waals surface area contributed by atoms with Crippen LogP contribution in [0.25, 0.3) is 5.57 Å². The summed E-state index contributed by atoms with van der Waals surface area (Å²) in [7, 11) is 4.90. The summed E-state index contributed by atoms with van der Waals surface area (Å²) in [6.07, 6.45) is 2.29. The van der Waals surface area contributed by atoms with Crippen molar-refractivity contribution in [1.82, 2.24) is 0 Å². The Balaban J connectivity index is 0.00000280. The van der Waals surface area contributed by atoms with E-state index in [1.54, 1.807) is 44.0 Å². The third-order valence-corrected chi connectivity index (χ3v) is 5.62. The number of nitrogens with two attached hydrogens (primary N) is 1. The van der Waals surface area contributed by atoms with E-state index in [0.29, 0.717) is 17.2 Å². The van der Waals surface area contributed by atoms with Crippen LogP contribution in [0.4, 0.5) is 0 Å². The standard InChI is InChI=1S/C21H23NO3S2.ClH/c1-23-19-10-15(11-20(24-2)21(19)25-3)12-22-7-4-18(16-5-8-26-13-16)17-6-9-27-14-17;/h4-6,8-11,13-14,22H,7,12H2,1-3H3;1H. The molecular weight excluding hydrogens is 414 g/mol. The highest BCUT2D eigenvalue weighted by Gasteiger charge is 2.13. The molecule has 2 aromatic heterocycles. The topological polar surface area (TPSA) is 44.3 Å². The van der Waals surface area contributed by atoms with Gasteiger partial charge in [0.05, 0.1) is 27.9 Å². The van der Waals surface area contributed by atoms with Gasteiger partial charge < -0.3 is 31.9 Å².